The molecule has 1 amide bonds. The highest BCUT2D eigenvalue weighted by Crippen LogP contribution is 2.31. The molecule has 1 saturated heterocycles. The van der Waals surface area contributed by atoms with Crippen molar-refractivity contribution >= 4 is 34.5 Å². The monoisotopic (exact) mass is 386 g/mol. The minimum absolute atomic E-state index is 0.154. The molecule has 0 bridgehead atoms. The van der Waals surface area contributed by atoms with Gasteiger partial charge >= 0.3 is 0 Å². The van der Waals surface area contributed by atoms with Crippen molar-refractivity contribution in [2.45, 2.75) is 25.7 Å². The normalized spacial score (nSPS) is 20.8. The van der Waals surface area contributed by atoms with E-state index in [0.29, 0.717) is 5.92 Å². The molecule has 3 N–H and O–H groups in total. The molecule has 144 valence electrons. The number of nitrogens with zero attached hydrogens (tertiary/aromatic N) is 4. The molecule has 2 aliphatic rings. The zero-order valence-electron chi connectivity index (χ0n) is 15.4. The number of amides is 1. The van der Waals surface area contributed by atoms with E-state index in [4.69, 9.17) is 5.73 Å². The number of thioether (sulfide) groups is 1. The standard InChI is InChI=1S/C19H26N6OS/c20-6-1-3-14-4-2-8-25(11-14)19(26)16-12-24(9-10-27-16)18-15-5-7-21-17(15)22-13-23-18/h5,7,12-14H,1-4,6,8-11,20H2,(H,21,22,23)/t14-/m0/s1. The molecule has 27 heavy (non-hydrogen) atoms. The number of carbonyl (C=O) groups is 1. The first-order chi connectivity index (χ1) is 13.3. The van der Waals surface area contributed by atoms with Crippen LogP contribution in [-0.2, 0) is 4.79 Å². The van der Waals surface area contributed by atoms with Crippen molar-refractivity contribution < 1.29 is 4.79 Å². The van der Waals surface area contributed by atoms with Crippen LogP contribution in [0.15, 0.2) is 29.7 Å². The summed E-state index contributed by atoms with van der Waals surface area (Å²) in [5, 5.41) is 0.979. The van der Waals surface area contributed by atoms with Gasteiger partial charge in [-0.3, -0.25) is 4.79 Å². The first kappa shape index (κ1) is 18.3. The highest BCUT2D eigenvalue weighted by molar-refractivity contribution is 8.04. The Bertz CT molecular complexity index is 834. The van der Waals surface area contributed by atoms with Gasteiger partial charge < -0.3 is 20.5 Å². The van der Waals surface area contributed by atoms with Crippen LogP contribution < -0.4 is 10.6 Å². The molecule has 0 aliphatic carbocycles. The maximum absolute atomic E-state index is 13.1. The van der Waals surface area contributed by atoms with E-state index in [1.807, 2.05) is 23.4 Å². The summed E-state index contributed by atoms with van der Waals surface area (Å²) in [7, 11) is 0. The molecule has 0 unspecified atom stereocenters. The van der Waals surface area contributed by atoms with E-state index in [0.717, 1.165) is 73.0 Å². The molecule has 0 spiro atoms. The van der Waals surface area contributed by atoms with Gasteiger partial charge in [0.2, 0.25) is 0 Å². The van der Waals surface area contributed by atoms with Crippen LogP contribution in [0.5, 0.6) is 0 Å². The molecule has 1 atom stereocenters. The fourth-order valence-electron chi connectivity index (χ4n) is 3.92. The third kappa shape index (κ3) is 3.96. The second-order valence-electron chi connectivity index (χ2n) is 7.16. The molecule has 4 rings (SSSR count). The maximum Gasteiger partial charge on any atom is 0.261 e. The molecular weight excluding hydrogens is 360 g/mol. The van der Waals surface area contributed by atoms with E-state index >= 15 is 0 Å². The predicted molar refractivity (Wildman–Crippen MR) is 109 cm³/mol. The number of aromatic nitrogens is 3. The number of H-pyrrole nitrogens is 1. The second-order valence-corrected chi connectivity index (χ2v) is 8.30. The summed E-state index contributed by atoms with van der Waals surface area (Å²) < 4.78 is 0. The van der Waals surface area contributed by atoms with E-state index in [1.165, 1.54) is 6.42 Å². The Morgan fingerprint density at radius 1 is 1.37 bits per heavy atom. The molecule has 0 aromatic carbocycles. The minimum atomic E-state index is 0.154. The lowest BCUT2D eigenvalue weighted by molar-refractivity contribution is -0.128. The number of hydrogen-bond donors (Lipinski definition) is 2. The number of carbonyl (C=O) groups excluding carboxylic acids is 1. The van der Waals surface area contributed by atoms with Gasteiger partial charge in [-0.2, -0.15) is 0 Å². The summed E-state index contributed by atoms with van der Waals surface area (Å²) in [5.41, 5.74) is 6.47. The van der Waals surface area contributed by atoms with Crippen LogP contribution in [0.4, 0.5) is 5.82 Å². The number of nitrogens with one attached hydrogen (secondary N) is 1. The van der Waals surface area contributed by atoms with Crippen LogP contribution in [0.25, 0.3) is 11.0 Å². The number of rotatable bonds is 5. The summed E-state index contributed by atoms with van der Waals surface area (Å²) >= 11 is 1.65. The van der Waals surface area contributed by atoms with Gasteiger partial charge in [0, 0.05) is 37.8 Å². The van der Waals surface area contributed by atoms with Crippen LogP contribution in [0, 0.1) is 5.92 Å². The number of hydrogen-bond acceptors (Lipinski definition) is 6. The van der Waals surface area contributed by atoms with E-state index in [9.17, 15) is 4.79 Å². The van der Waals surface area contributed by atoms with Crippen LogP contribution >= 0.6 is 11.8 Å². The van der Waals surface area contributed by atoms with Crippen molar-refractivity contribution in [1.29, 1.82) is 0 Å². The van der Waals surface area contributed by atoms with Gasteiger partial charge in [-0.05, 0) is 44.2 Å². The number of anilines is 1. The Hall–Kier alpha value is -2.06. The van der Waals surface area contributed by atoms with Crippen LogP contribution in [-0.4, -0.2) is 57.7 Å². The highest BCUT2D eigenvalue weighted by atomic mass is 32.2. The van der Waals surface area contributed by atoms with Crippen molar-refractivity contribution in [1.82, 2.24) is 19.9 Å². The minimum Gasteiger partial charge on any atom is -0.346 e. The van der Waals surface area contributed by atoms with Crippen molar-refractivity contribution in [3.63, 3.8) is 0 Å². The molecule has 8 heteroatoms. The van der Waals surface area contributed by atoms with E-state index < -0.39 is 0 Å². The predicted octanol–water partition coefficient (Wildman–Crippen LogP) is 2.33. The largest absolute Gasteiger partial charge is 0.346 e. The molecule has 7 nitrogen and oxygen atoms in total. The first-order valence-electron chi connectivity index (χ1n) is 9.65. The van der Waals surface area contributed by atoms with E-state index in [2.05, 4.69) is 19.9 Å². The second kappa shape index (κ2) is 8.31. The summed E-state index contributed by atoms with van der Waals surface area (Å²) in [6.45, 7) is 3.27. The van der Waals surface area contributed by atoms with Gasteiger partial charge in [-0.1, -0.05) is 0 Å². The lowest BCUT2D eigenvalue weighted by Gasteiger charge is -2.34. The van der Waals surface area contributed by atoms with E-state index in [1.54, 1.807) is 18.1 Å². The summed E-state index contributed by atoms with van der Waals surface area (Å²) in [4.78, 5) is 29.9. The lowest BCUT2D eigenvalue weighted by Crippen LogP contribution is -2.41. The number of nitrogens with two attached hydrogens (primary N) is 1. The molecule has 4 heterocycles. The molecule has 0 saturated carbocycles. The zero-order chi connectivity index (χ0) is 18.6. The Balaban J connectivity index is 1.51. The Kier molecular flexibility index (Phi) is 5.63. The summed E-state index contributed by atoms with van der Waals surface area (Å²) in [5.74, 6) is 2.46. The lowest BCUT2D eigenvalue weighted by atomic mass is 9.93. The van der Waals surface area contributed by atoms with Crippen LogP contribution in [0.3, 0.4) is 0 Å². The van der Waals surface area contributed by atoms with Crippen molar-refractivity contribution in [3.05, 3.63) is 29.7 Å². The van der Waals surface area contributed by atoms with Gasteiger partial charge in [0.05, 0.1) is 10.3 Å². The quantitative estimate of drug-likeness (QED) is 0.820. The van der Waals surface area contributed by atoms with Crippen molar-refractivity contribution in [3.8, 4) is 0 Å². The number of piperidine rings is 1. The SMILES string of the molecule is NCCC[C@H]1CCCN(C(=O)C2=CN(c3ncnc4[nH]ccc34)CCS2)C1. The smallest absolute Gasteiger partial charge is 0.261 e. The van der Waals surface area contributed by atoms with Gasteiger partial charge in [-0.15, -0.1) is 11.8 Å². The molecular formula is C19H26N6OS. The average Bonchev–Trinajstić information content (AvgIpc) is 3.21. The molecule has 2 aliphatic heterocycles. The zero-order valence-corrected chi connectivity index (χ0v) is 16.2. The van der Waals surface area contributed by atoms with Crippen molar-refractivity contribution in [2.75, 3.05) is 36.8 Å². The summed E-state index contributed by atoms with van der Waals surface area (Å²) in [6, 6.07) is 1.98. The highest BCUT2D eigenvalue weighted by Gasteiger charge is 2.28. The average molecular weight is 387 g/mol. The van der Waals surface area contributed by atoms with Crippen LogP contribution in [0.1, 0.15) is 25.7 Å². The van der Waals surface area contributed by atoms with Gasteiger partial charge in [0.25, 0.3) is 5.91 Å². The molecule has 0 radical (unpaired) electrons. The van der Waals surface area contributed by atoms with Gasteiger partial charge in [0.1, 0.15) is 17.8 Å². The van der Waals surface area contributed by atoms with E-state index in [-0.39, 0.29) is 5.91 Å². The molecule has 2 aromatic rings. The molecule has 2 aromatic heterocycles. The van der Waals surface area contributed by atoms with Crippen molar-refractivity contribution in [2.24, 2.45) is 11.7 Å². The number of aromatic amines is 1. The first-order valence-corrected chi connectivity index (χ1v) is 10.6. The Morgan fingerprint density at radius 2 is 2.30 bits per heavy atom. The number of fused-ring (bicyclic) bond motifs is 1. The number of likely N-dealkylation sites (tertiary alicyclic amines) is 1. The third-order valence-electron chi connectivity index (χ3n) is 5.30. The summed E-state index contributed by atoms with van der Waals surface area (Å²) in [6.07, 6.45) is 9.84. The fourth-order valence-corrected chi connectivity index (χ4v) is 4.88. The topological polar surface area (TPSA) is 91.1 Å². The van der Waals surface area contributed by atoms with Crippen LogP contribution in [0.2, 0.25) is 0 Å². The fraction of sp³-hybridized carbons (Fsp3) is 0.526. The Morgan fingerprint density at radius 3 is 3.19 bits per heavy atom. The molecule has 1 fully saturated rings. The third-order valence-corrected chi connectivity index (χ3v) is 6.28. The van der Waals surface area contributed by atoms with Gasteiger partial charge in [-0.25, -0.2) is 9.97 Å². The maximum atomic E-state index is 13.1. The Labute approximate surface area is 163 Å². The van der Waals surface area contributed by atoms with Gasteiger partial charge in [0.15, 0.2) is 0 Å².